The van der Waals surface area contributed by atoms with Crippen LogP contribution >= 0.6 is 0 Å². The molecule has 0 aromatic heterocycles. The highest BCUT2D eigenvalue weighted by atomic mass is 32.2. The van der Waals surface area contributed by atoms with Gasteiger partial charge in [0, 0.05) is 59.3 Å². The first-order chi connectivity index (χ1) is 26.3. The SMILES string of the molecule is CN(C)c1ccc(-c2cc3c(c(-c4ccc(N(C)C)cc4)c2-c2ccc(N(C)C)cc2)Cc2ccccc2-3)cc1.O=S(=O)(O)C(F)(F)C(F)(F)C(F)(F)C(F)(F)F. The molecule has 304 valence electrons. The molecule has 16 heteroatoms. The molecule has 1 aliphatic carbocycles. The summed E-state index contributed by atoms with van der Waals surface area (Å²) in [5.41, 5.74) is 16.8. The van der Waals surface area contributed by atoms with Gasteiger partial charge >= 0.3 is 33.4 Å². The van der Waals surface area contributed by atoms with Gasteiger partial charge in [0.15, 0.2) is 0 Å². The van der Waals surface area contributed by atoms with E-state index < -0.39 is 33.4 Å². The average molecular weight is 824 g/mol. The lowest BCUT2D eigenvalue weighted by Gasteiger charge is -2.31. The van der Waals surface area contributed by atoms with Crippen molar-refractivity contribution in [1.29, 1.82) is 0 Å². The molecule has 57 heavy (non-hydrogen) atoms. The quantitative estimate of drug-likeness (QED) is 0.116. The average Bonchev–Trinajstić information content (AvgIpc) is 3.51. The van der Waals surface area contributed by atoms with Crippen LogP contribution in [0.5, 0.6) is 0 Å². The number of nitrogens with zero attached hydrogens (tertiary/aromatic N) is 3. The lowest BCUT2D eigenvalue weighted by atomic mass is 9.82. The summed E-state index contributed by atoms with van der Waals surface area (Å²) in [6.45, 7) is 0. The Bertz CT molecular complexity index is 2350. The minimum atomic E-state index is -7.37. The Morgan fingerprint density at radius 1 is 0.509 bits per heavy atom. The van der Waals surface area contributed by atoms with E-state index >= 15 is 0 Å². The summed E-state index contributed by atoms with van der Waals surface area (Å²) in [6.07, 6.45) is -6.19. The standard InChI is InChI=1S/C37H37N3.C4HF9O3S/c1-38(2)29-17-11-25(12-18-29)33-24-34-32-10-8-7-9-28(32)23-35(34)37(27-15-21-31(22-16-27)40(5)6)36(33)26-13-19-30(20-14-26)39(3)4;5-1(6,3(9,10)11)2(7,8)4(12,13)17(14,15)16/h7-22,24H,23H2,1-6H3;(H,14,15,16). The van der Waals surface area contributed by atoms with Crippen LogP contribution in [0.4, 0.5) is 56.6 Å². The maximum atomic E-state index is 12.2. The molecule has 0 unspecified atom stereocenters. The van der Waals surface area contributed by atoms with Crippen LogP contribution in [-0.4, -0.2) is 78.5 Å². The highest BCUT2D eigenvalue weighted by Crippen LogP contribution is 2.55. The van der Waals surface area contributed by atoms with Crippen LogP contribution in [0.15, 0.2) is 103 Å². The van der Waals surface area contributed by atoms with Crippen LogP contribution < -0.4 is 14.7 Å². The molecule has 1 N–H and O–H groups in total. The van der Waals surface area contributed by atoms with Gasteiger partial charge in [0.2, 0.25) is 0 Å². The molecule has 0 aliphatic heterocycles. The lowest BCUT2D eigenvalue weighted by Crippen LogP contribution is -2.63. The molecule has 0 saturated carbocycles. The Morgan fingerprint density at radius 2 is 0.912 bits per heavy atom. The van der Waals surface area contributed by atoms with Crippen molar-refractivity contribution in [2.45, 2.75) is 29.7 Å². The molecule has 0 atom stereocenters. The zero-order chi connectivity index (χ0) is 42.5. The molecular formula is C41H38F9N3O3S. The second kappa shape index (κ2) is 15.3. The van der Waals surface area contributed by atoms with Gasteiger partial charge in [-0.05, 0) is 105 Å². The highest BCUT2D eigenvalue weighted by Gasteiger charge is 2.85. The van der Waals surface area contributed by atoms with Crippen molar-refractivity contribution in [2.24, 2.45) is 0 Å². The van der Waals surface area contributed by atoms with E-state index in [0.29, 0.717) is 0 Å². The number of halogens is 9. The molecule has 0 radical (unpaired) electrons. The number of benzene rings is 5. The first-order valence-electron chi connectivity index (χ1n) is 17.1. The lowest BCUT2D eigenvalue weighted by molar-refractivity contribution is -0.382. The number of anilines is 3. The summed E-state index contributed by atoms with van der Waals surface area (Å²) in [4.78, 5) is 6.47. The number of alkyl halides is 9. The van der Waals surface area contributed by atoms with E-state index in [1.165, 1.54) is 72.7 Å². The minimum Gasteiger partial charge on any atom is -0.378 e. The van der Waals surface area contributed by atoms with Crippen LogP contribution in [0.1, 0.15) is 11.1 Å². The normalized spacial score (nSPS) is 13.0. The molecule has 5 aromatic rings. The van der Waals surface area contributed by atoms with Gasteiger partial charge in [0.25, 0.3) is 0 Å². The van der Waals surface area contributed by atoms with Crippen molar-refractivity contribution in [1.82, 2.24) is 0 Å². The van der Waals surface area contributed by atoms with Gasteiger partial charge in [-0.2, -0.15) is 47.9 Å². The molecule has 6 nitrogen and oxygen atoms in total. The molecule has 6 rings (SSSR count). The Labute approximate surface area is 324 Å². The second-order valence-corrected chi connectivity index (χ2v) is 15.5. The third-order valence-electron chi connectivity index (χ3n) is 9.59. The highest BCUT2D eigenvalue weighted by molar-refractivity contribution is 7.87. The summed E-state index contributed by atoms with van der Waals surface area (Å²) in [6, 6.07) is 38.4. The van der Waals surface area contributed by atoms with Crippen LogP contribution in [0.2, 0.25) is 0 Å². The molecule has 1 aliphatic rings. The van der Waals surface area contributed by atoms with Gasteiger partial charge in [-0.25, -0.2) is 0 Å². The molecule has 0 spiro atoms. The Morgan fingerprint density at radius 3 is 1.32 bits per heavy atom. The van der Waals surface area contributed by atoms with Gasteiger partial charge in [-0.1, -0.05) is 60.7 Å². The summed E-state index contributed by atoms with van der Waals surface area (Å²) >= 11 is 0. The first kappa shape index (κ1) is 42.9. The summed E-state index contributed by atoms with van der Waals surface area (Å²) in [7, 11) is 5.40. The summed E-state index contributed by atoms with van der Waals surface area (Å²) < 4.78 is 134. The largest absolute Gasteiger partial charge is 0.460 e. The van der Waals surface area contributed by atoms with Gasteiger partial charge < -0.3 is 14.7 Å². The molecule has 0 amide bonds. The van der Waals surface area contributed by atoms with Crippen LogP contribution in [-0.2, 0) is 16.5 Å². The monoisotopic (exact) mass is 823 g/mol. The van der Waals surface area contributed by atoms with E-state index in [2.05, 4.69) is 160 Å². The van der Waals surface area contributed by atoms with Crippen molar-refractivity contribution in [3.8, 4) is 44.5 Å². The maximum absolute atomic E-state index is 12.2. The fourth-order valence-electron chi connectivity index (χ4n) is 6.44. The Balaban J connectivity index is 0.000000310. The molecule has 0 bridgehead atoms. The predicted molar refractivity (Wildman–Crippen MR) is 206 cm³/mol. The van der Waals surface area contributed by atoms with Crippen molar-refractivity contribution >= 4 is 27.2 Å². The van der Waals surface area contributed by atoms with E-state index in [1.807, 2.05) is 0 Å². The molecular weight excluding hydrogens is 786 g/mol. The molecule has 0 fully saturated rings. The van der Waals surface area contributed by atoms with Crippen molar-refractivity contribution < 1.29 is 52.5 Å². The van der Waals surface area contributed by atoms with Gasteiger partial charge in [-0.15, -0.1) is 0 Å². The molecule has 0 heterocycles. The Kier molecular flexibility index (Phi) is 11.5. The Hall–Kier alpha value is -5.22. The fourth-order valence-corrected chi connectivity index (χ4v) is 6.89. The minimum absolute atomic E-state index is 0.943. The fraction of sp³-hybridized carbons (Fsp3) is 0.268. The van der Waals surface area contributed by atoms with Crippen LogP contribution in [0.25, 0.3) is 44.5 Å². The smallest absolute Gasteiger partial charge is 0.378 e. The number of hydrogen-bond acceptors (Lipinski definition) is 5. The van der Waals surface area contributed by atoms with Crippen LogP contribution in [0, 0.1) is 0 Å². The third-order valence-corrected chi connectivity index (χ3v) is 10.5. The van der Waals surface area contributed by atoms with E-state index in [1.54, 1.807) is 0 Å². The predicted octanol–water partition coefficient (Wildman–Crippen LogP) is 10.8. The van der Waals surface area contributed by atoms with Crippen molar-refractivity contribution in [3.05, 3.63) is 114 Å². The number of rotatable bonds is 9. The number of hydrogen-bond donors (Lipinski definition) is 1. The second-order valence-electron chi connectivity index (χ2n) is 14.0. The number of fused-ring (bicyclic) bond motifs is 3. The molecule has 0 saturated heterocycles. The topological polar surface area (TPSA) is 64.1 Å². The zero-order valence-corrected chi connectivity index (χ0v) is 32.3. The maximum Gasteiger partial charge on any atom is 0.460 e. The zero-order valence-electron chi connectivity index (χ0n) is 31.4. The van der Waals surface area contributed by atoms with Crippen LogP contribution in [0.3, 0.4) is 0 Å². The third kappa shape index (κ3) is 7.89. The van der Waals surface area contributed by atoms with Gasteiger partial charge in [0.1, 0.15) is 0 Å². The van der Waals surface area contributed by atoms with Gasteiger partial charge in [-0.3, -0.25) is 4.55 Å². The van der Waals surface area contributed by atoms with Crippen molar-refractivity contribution in [2.75, 3.05) is 57.0 Å². The summed E-state index contributed by atoms with van der Waals surface area (Å²) in [5, 5.41) is -7.00. The first-order valence-corrected chi connectivity index (χ1v) is 18.5. The van der Waals surface area contributed by atoms with E-state index in [0.717, 1.165) is 6.42 Å². The molecule has 5 aromatic carbocycles. The van der Waals surface area contributed by atoms with Crippen molar-refractivity contribution in [3.63, 3.8) is 0 Å². The van der Waals surface area contributed by atoms with E-state index in [-0.39, 0.29) is 0 Å². The summed E-state index contributed by atoms with van der Waals surface area (Å²) in [5.74, 6) is -14.7. The van der Waals surface area contributed by atoms with E-state index in [4.69, 9.17) is 4.55 Å². The van der Waals surface area contributed by atoms with E-state index in [9.17, 15) is 47.9 Å². The van der Waals surface area contributed by atoms with Gasteiger partial charge in [0.05, 0.1) is 0 Å².